The second-order valence-electron chi connectivity index (χ2n) is 6.00. The molecule has 0 radical (unpaired) electrons. The van der Waals surface area contributed by atoms with Crippen LogP contribution in [0.1, 0.15) is 17.5 Å². The molecule has 0 aliphatic heterocycles. The number of ketones is 2. The van der Waals surface area contributed by atoms with E-state index in [-0.39, 0.29) is 23.7 Å². The number of hydrogen-bond donors (Lipinski definition) is 2. The monoisotopic (exact) mass is 361 g/mol. The molecule has 1 aromatic heterocycles. The summed E-state index contributed by atoms with van der Waals surface area (Å²) in [6.45, 7) is 0. The Kier molecular flexibility index (Phi) is 5.52. The smallest absolute Gasteiger partial charge is 0.163 e. The molecule has 5 heteroatoms. The Labute approximate surface area is 156 Å². The van der Waals surface area contributed by atoms with Crippen molar-refractivity contribution in [1.82, 2.24) is 4.98 Å². The normalized spacial score (nSPS) is 11.4. The SMILES string of the molecule is COc1cc(C=CC(=O)CC(=O)C=Cc2c[nH]c3ccccc23)ccc1O. The summed E-state index contributed by atoms with van der Waals surface area (Å²) in [6.07, 6.45) is 7.69. The highest BCUT2D eigenvalue weighted by Gasteiger charge is 2.06. The number of carbonyl (C=O) groups is 2. The maximum absolute atomic E-state index is 12.0. The van der Waals surface area contributed by atoms with Crippen LogP contribution >= 0.6 is 0 Å². The number of carbonyl (C=O) groups excluding carboxylic acids is 2. The topological polar surface area (TPSA) is 79.4 Å². The lowest BCUT2D eigenvalue weighted by Crippen LogP contribution is -2.01. The maximum atomic E-state index is 12.0. The third-order valence-corrected chi connectivity index (χ3v) is 4.08. The highest BCUT2D eigenvalue weighted by atomic mass is 16.5. The number of fused-ring (bicyclic) bond motifs is 1. The highest BCUT2D eigenvalue weighted by molar-refractivity contribution is 6.11. The summed E-state index contributed by atoms with van der Waals surface area (Å²) < 4.78 is 5.02. The van der Waals surface area contributed by atoms with Gasteiger partial charge in [-0.15, -0.1) is 0 Å². The number of phenols is 1. The first-order valence-corrected chi connectivity index (χ1v) is 8.42. The van der Waals surface area contributed by atoms with Crippen LogP contribution in [0.15, 0.2) is 60.8 Å². The zero-order valence-corrected chi connectivity index (χ0v) is 14.8. The summed E-state index contributed by atoms with van der Waals surface area (Å²) in [6, 6.07) is 12.5. The van der Waals surface area contributed by atoms with Crippen molar-refractivity contribution in [3.8, 4) is 11.5 Å². The van der Waals surface area contributed by atoms with Gasteiger partial charge in [-0.3, -0.25) is 9.59 Å². The second-order valence-corrected chi connectivity index (χ2v) is 6.00. The Bertz CT molecular complexity index is 1040. The van der Waals surface area contributed by atoms with Crippen LogP contribution in [0, 0.1) is 0 Å². The quantitative estimate of drug-likeness (QED) is 0.490. The molecule has 0 saturated carbocycles. The second kappa shape index (κ2) is 8.19. The van der Waals surface area contributed by atoms with Gasteiger partial charge in [0, 0.05) is 17.1 Å². The average molecular weight is 361 g/mol. The number of para-hydroxylation sites is 1. The van der Waals surface area contributed by atoms with Crippen LogP contribution in [-0.4, -0.2) is 28.8 Å². The molecule has 5 nitrogen and oxygen atoms in total. The number of aromatic nitrogens is 1. The van der Waals surface area contributed by atoms with Crippen LogP contribution in [0.4, 0.5) is 0 Å². The van der Waals surface area contributed by atoms with Crippen LogP contribution in [0.5, 0.6) is 11.5 Å². The predicted octanol–water partition coefficient (Wildman–Crippen LogP) is 4.14. The van der Waals surface area contributed by atoms with Gasteiger partial charge in [-0.25, -0.2) is 0 Å². The standard InChI is InChI=1S/C22H19NO4/c1-27-22-12-15(7-11-21(22)26)6-9-17(24)13-18(25)10-8-16-14-23-20-5-3-2-4-19(16)20/h2-12,14,23,26H,13H2,1H3. The molecule has 1 heterocycles. The average Bonchev–Trinajstić information content (AvgIpc) is 3.09. The van der Waals surface area contributed by atoms with Crippen molar-refractivity contribution in [2.45, 2.75) is 6.42 Å². The molecule has 0 saturated heterocycles. The van der Waals surface area contributed by atoms with Gasteiger partial charge < -0.3 is 14.8 Å². The largest absolute Gasteiger partial charge is 0.504 e. The van der Waals surface area contributed by atoms with Gasteiger partial charge in [-0.2, -0.15) is 0 Å². The molecule has 0 spiro atoms. The molecule has 136 valence electrons. The number of phenolic OH excluding ortho intramolecular Hbond substituents is 1. The fraction of sp³-hybridized carbons (Fsp3) is 0.0909. The van der Waals surface area contributed by atoms with Crippen molar-refractivity contribution in [3.05, 3.63) is 71.9 Å². The number of H-pyrrole nitrogens is 1. The zero-order chi connectivity index (χ0) is 19.2. The van der Waals surface area contributed by atoms with E-state index in [0.717, 1.165) is 16.5 Å². The van der Waals surface area contributed by atoms with Gasteiger partial charge in [0.2, 0.25) is 0 Å². The number of benzene rings is 2. The van der Waals surface area contributed by atoms with Gasteiger partial charge in [-0.05, 0) is 47.6 Å². The Morgan fingerprint density at radius 2 is 1.81 bits per heavy atom. The van der Waals surface area contributed by atoms with Gasteiger partial charge >= 0.3 is 0 Å². The van der Waals surface area contributed by atoms with Crippen LogP contribution in [-0.2, 0) is 9.59 Å². The molecule has 0 aliphatic rings. The van der Waals surface area contributed by atoms with Crippen LogP contribution in [0.2, 0.25) is 0 Å². The molecule has 0 atom stereocenters. The van der Waals surface area contributed by atoms with E-state index in [1.807, 2.05) is 30.5 Å². The molecule has 27 heavy (non-hydrogen) atoms. The Hall–Kier alpha value is -3.60. The van der Waals surface area contributed by atoms with E-state index in [0.29, 0.717) is 11.3 Å². The highest BCUT2D eigenvalue weighted by Crippen LogP contribution is 2.26. The minimum absolute atomic E-state index is 0.0265. The molecule has 0 aliphatic carbocycles. The molecular weight excluding hydrogens is 342 g/mol. The molecule has 0 bridgehead atoms. The molecule has 0 amide bonds. The predicted molar refractivity (Wildman–Crippen MR) is 106 cm³/mol. The number of nitrogens with one attached hydrogen (secondary N) is 1. The number of rotatable bonds is 7. The van der Waals surface area contributed by atoms with E-state index in [9.17, 15) is 14.7 Å². The van der Waals surface area contributed by atoms with Gasteiger partial charge in [0.15, 0.2) is 23.1 Å². The van der Waals surface area contributed by atoms with E-state index < -0.39 is 0 Å². The summed E-state index contributed by atoms with van der Waals surface area (Å²) >= 11 is 0. The minimum atomic E-state index is -0.296. The first-order chi connectivity index (χ1) is 13.1. The molecule has 0 fully saturated rings. The summed E-state index contributed by atoms with van der Waals surface area (Å²) in [5, 5.41) is 10.6. The minimum Gasteiger partial charge on any atom is -0.504 e. The van der Waals surface area contributed by atoms with Crippen molar-refractivity contribution in [3.63, 3.8) is 0 Å². The van der Waals surface area contributed by atoms with E-state index in [4.69, 9.17) is 4.74 Å². The Morgan fingerprint density at radius 3 is 2.59 bits per heavy atom. The number of aromatic amines is 1. The number of hydrogen-bond acceptors (Lipinski definition) is 4. The first kappa shape index (κ1) is 18.2. The third-order valence-electron chi connectivity index (χ3n) is 4.08. The Balaban J connectivity index is 1.61. The van der Waals surface area contributed by atoms with E-state index >= 15 is 0 Å². The van der Waals surface area contributed by atoms with Gasteiger partial charge in [-0.1, -0.05) is 30.3 Å². The van der Waals surface area contributed by atoms with Crippen molar-refractivity contribution >= 4 is 34.6 Å². The summed E-state index contributed by atoms with van der Waals surface area (Å²) in [4.78, 5) is 27.2. The van der Waals surface area contributed by atoms with Gasteiger partial charge in [0.1, 0.15) is 0 Å². The number of aromatic hydroxyl groups is 1. The summed E-state index contributed by atoms with van der Waals surface area (Å²) in [5.74, 6) is -0.213. The van der Waals surface area contributed by atoms with Crippen LogP contribution < -0.4 is 4.74 Å². The maximum Gasteiger partial charge on any atom is 0.163 e. The Morgan fingerprint density at radius 1 is 1.07 bits per heavy atom. The molecular formula is C22H19NO4. The van der Waals surface area contributed by atoms with Crippen molar-refractivity contribution < 1.29 is 19.4 Å². The number of ether oxygens (including phenoxy) is 1. The molecule has 3 rings (SSSR count). The molecule has 3 aromatic rings. The lowest BCUT2D eigenvalue weighted by molar-refractivity contribution is -0.121. The third kappa shape index (κ3) is 4.52. The first-order valence-electron chi connectivity index (χ1n) is 8.42. The van der Waals surface area contributed by atoms with Crippen LogP contribution in [0.3, 0.4) is 0 Å². The molecule has 2 N–H and O–H groups in total. The number of methoxy groups -OCH3 is 1. The lowest BCUT2D eigenvalue weighted by Gasteiger charge is -2.03. The van der Waals surface area contributed by atoms with E-state index in [1.54, 1.807) is 24.3 Å². The zero-order valence-electron chi connectivity index (χ0n) is 14.8. The van der Waals surface area contributed by atoms with Gasteiger partial charge in [0.05, 0.1) is 13.5 Å². The molecule has 0 unspecified atom stereocenters. The number of allylic oxidation sites excluding steroid dienone is 2. The van der Waals surface area contributed by atoms with Crippen molar-refractivity contribution in [2.24, 2.45) is 0 Å². The van der Waals surface area contributed by atoms with Crippen molar-refractivity contribution in [1.29, 1.82) is 0 Å². The van der Waals surface area contributed by atoms with Gasteiger partial charge in [0.25, 0.3) is 0 Å². The lowest BCUT2D eigenvalue weighted by atomic mass is 10.1. The fourth-order valence-corrected chi connectivity index (χ4v) is 2.69. The van der Waals surface area contributed by atoms with Crippen molar-refractivity contribution in [2.75, 3.05) is 7.11 Å². The van der Waals surface area contributed by atoms with E-state index in [2.05, 4.69) is 4.98 Å². The van der Waals surface area contributed by atoms with Crippen LogP contribution in [0.25, 0.3) is 23.1 Å². The molecule has 2 aromatic carbocycles. The van der Waals surface area contributed by atoms with E-state index in [1.165, 1.54) is 25.3 Å². The fourth-order valence-electron chi connectivity index (χ4n) is 2.69. The summed E-state index contributed by atoms with van der Waals surface area (Å²) in [5.41, 5.74) is 2.59. The summed E-state index contributed by atoms with van der Waals surface area (Å²) in [7, 11) is 1.45.